The standard InChI is InChI=1S/C11H11NS/c1-8-4-3-5-10(9(8)2)11-6-12-7-13-11/h3-7H,1-2H3. The van der Waals surface area contributed by atoms with E-state index < -0.39 is 0 Å². The van der Waals surface area contributed by atoms with Gasteiger partial charge in [0.25, 0.3) is 0 Å². The first-order valence-corrected chi connectivity index (χ1v) is 5.12. The Kier molecular flexibility index (Phi) is 2.15. The van der Waals surface area contributed by atoms with E-state index in [0.29, 0.717) is 0 Å². The van der Waals surface area contributed by atoms with Crippen molar-refractivity contribution >= 4 is 11.3 Å². The average molecular weight is 189 g/mol. The zero-order chi connectivity index (χ0) is 9.26. The molecule has 0 unspecified atom stereocenters. The van der Waals surface area contributed by atoms with Gasteiger partial charge in [-0.05, 0) is 30.5 Å². The third kappa shape index (κ3) is 1.49. The van der Waals surface area contributed by atoms with Crippen molar-refractivity contribution < 1.29 is 0 Å². The molecule has 1 heterocycles. The molecule has 0 saturated carbocycles. The van der Waals surface area contributed by atoms with E-state index in [1.54, 1.807) is 11.3 Å². The summed E-state index contributed by atoms with van der Waals surface area (Å²) in [6.45, 7) is 4.30. The van der Waals surface area contributed by atoms with Gasteiger partial charge in [0.2, 0.25) is 0 Å². The predicted molar refractivity (Wildman–Crippen MR) is 57.0 cm³/mol. The Morgan fingerprint density at radius 1 is 1.23 bits per heavy atom. The molecule has 1 aromatic heterocycles. The summed E-state index contributed by atoms with van der Waals surface area (Å²) in [4.78, 5) is 5.34. The van der Waals surface area contributed by atoms with Crippen LogP contribution in [0.15, 0.2) is 29.9 Å². The summed E-state index contributed by atoms with van der Waals surface area (Å²) in [7, 11) is 0. The number of benzene rings is 1. The quantitative estimate of drug-likeness (QED) is 0.669. The van der Waals surface area contributed by atoms with Crippen LogP contribution in [0.1, 0.15) is 11.1 Å². The molecule has 0 aliphatic rings. The molecule has 0 atom stereocenters. The van der Waals surface area contributed by atoms with Crippen molar-refractivity contribution in [2.24, 2.45) is 0 Å². The van der Waals surface area contributed by atoms with Gasteiger partial charge in [-0.3, -0.25) is 4.98 Å². The van der Waals surface area contributed by atoms with Crippen molar-refractivity contribution in [1.29, 1.82) is 0 Å². The first-order chi connectivity index (χ1) is 6.29. The summed E-state index contributed by atoms with van der Waals surface area (Å²) >= 11 is 1.69. The largest absolute Gasteiger partial charge is 0.252 e. The highest BCUT2D eigenvalue weighted by Gasteiger charge is 2.03. The molecule has 1 nitrogen and oxygen atoms in total. The van der Waals surface area contributed by atoms with Gasteiger partial charge in [-0.2, -0.15) is 0 Å². The SMILES string of the molecule is Cc1cccc(-c2cncs2)c1C. The number of nitrogens with zero attached hydrogens (tertiary/aromatic N) is 1. The van der Waals surface area contributed by atoms with Crippen LogP contribution in [0.2, 0.25) is 0 Å². The van der Waals surface area contributed by atoms with Crippen LogP contribution in [-0.4, -0.2) is 4.98 Å². The van der Waals surface area contributed by atoms with Gasteiger partial charge in [0.1, 0.15) is 0 Å². The van der Waals surface area contributed by atoms with E-state index in [-0.39, 0.29) is 0 Å². The van der Waals surface area contributed by atoms with Crippen molar-refractivity contribution in [2.75, 3.05) is 0 Å². The molecule has 2 rings (SSSR count). The van der Waals surface area contributed by atoms with Crippen molar-refractivity contribution in [1.82, 2.24) is 4.98 Å². The fourth-order valence-corrected chi connectivity index (χ4v) is 2.07. The van der Waals surface area contributed by atoms with E-state index in [1.165, 1.54) is 21.6 Å². The lowest BCUT2D eigenvalue weighted by molar-refractivity contribution is 1.34. The number of hydrogen-bond acceptors (Lipinski definition) is 2. The minimum absolute atomic E-state index is 1.25. The van der Waals surface area contributed by atoms with E-state index in [9.17, 15) is 0 Å². The second-order valence-electron chi connectivity index (χ2n) is 3.11. The summed E-state index contributed by atoms with van der Waals surface area (Å²) < 4.78 is 0. The topological polar surface area (TPSA) is 12.9 Å². The minimum Gasteiger partial charge on any atom is -0.252 e. The smallest absolute Gasteiger partial charge is 0.0797 e. The molecule has 0 bridgehead atoms. The lowest BCUT2D eigenvalue weighted by atomic mass is 10.0. The van der Waals surface area contributed by atoms with Gasteiger partial charge in [-0.15, -0.1) is 11.3 Å². The first-order valence-electron chi connectivity index (χ1n) is 4.24. The van der Waals surface area contributed by atoms with Crippen molar-refractivity contribution in [3.05, 3.63) is 41.0 Å². The second-order valence-corrected chi connectivity index (χ2v) is 4.00. The lowest BCUT2D eigenvalue weighted by Gasteiger charge is -2.04. The van der Waals surface area contributed by atoms with Gasteiger partial charge in [-0.1, -0.05) is 18.2 Å². The van der Waals surface area contributed by atoms with E-state index in [0.717, 1.165) is 0 Å². The highest BCUT2D eigenvalue weighted by Crippen LogP contribution is 2.27. The van der Waals surface area contributed by atoms with Gasteiger partial charge < -0.3 is 0 Å². The Morgan fingerprint density at radius 3 is 2.77 bits per heavy atom. The molecule has 2 aromatic rings. The fraction of sp³-hybridized carbons (Fsp3) is 0.182. The Bertz CT molecular complexity index is 404. The molecular formula is C11H11NS. The molecule has 0 N–H and O–H groups in total. The van der Waals surface area contributed by atoms with E-state index in [2.05, 4.69) is 37.0 Å². The van der Waals surface area contributed by atoms with Crippen molar-refractivity contribution in [2.45, 2.75) is 13.8 Å². The maximum Gasteiger partial charge on any atom is 0.0797 e. The zero-order valence-electron chi connectivity index (χ0n) is 7.74. The number of aryl methyl sites for hydroxylation is 1. The maximum absolute atomic E-state index is 4.09. The van der Waals surface area contributed by atoms with Crippen LogP contribution < -0.4 is 0 Å². The van der Waals surface area contributed by atoms with Crippen molar-refractivity contribution in [3.8, 4) is 10.4 Å². The molecular weight excluding hydrogens is 178 g/mol. The summed E-state index contributed by atoms with van der Waals surface area (Å²) in [5.41, 5.74) is 5.87. The molecule has 66 valence electrons. The van der Waals surface area contributed by atoms with Gasteiger partial charge in [-0.25, -0.2) is 0 Å². The third-order valence-corrected chi connectivity index (χ3v) is 3.11. The van der Waals surface area contributed by atoms with Gasteiger partial charge >= 0.3 is 0 Å². The van der Waals surface area contributed by atoms with Crippen molar-refractivity contribution in [3.63, 3.8) is 0 Å². The molecule has 1 aromatic carbocycles. The van der Waals surface area contributed by atoms with Crippen LogP contribution in [-0.2, 0) is 0 Å². The number of hydrogen-bond donors (Lipinski definition) is 0. The summed E-state index contributed by atoms with van der Waals surface area (Å²) in [5.74, 6) is 0. The fourth-order valence-electron chi connectivity index (χ4n) is 1.37. The Morgan fingerprint density at radius 2 is 2.08 bits per heavy atom. The Balaban J connectivity index is 2.59. The minimum atomic E-state index is 1.25. The second kappa shape index (κ2) is 3.30. The molecule has 0 aliphatic heterocycles. The Hall–Kier alpha value is -1.15. The normalized spacial score (nSPS) is 10.3. The highest BCUT2D eigenvalue weighted by molar-refractivity contribution is 7.13. The molecule has 13 heavy (non-hydrogen) atoms. The maximum atomic E-state index is 4.09. The molecule has 0 spiro atoms. The number of aromatic nitrogens is 1. The van der Waals surface area contributed by atoms with Crippen LogP contribution in [0.4, 0.5) is 0 Å². The number of thiazole rings is 1. The molecule has 0 amide bonds. The average Bonchev–Trinajstić information content (AvgIpc) is 2.62. The first kappa shape index (κ1) is 8.45. The zero-order valence-corrected chi connectivity index (χ0v) is 8.56. The molecule has 0 saturated heterocycles. The van der Waals surface area contributed by atoms with Gasteiger partial charge in [0.15, 0.2) is 0 Å². The van der Waals surface area contributed by atoms with Crippen LogP contribution >= 0.6 is 11.3 Å². The molecule has 2 heteroatoms. The predicted octanol–water partition coefficient (Wildman–Crippen LogP) is 3.43. The van der Waals surface area contributed by atoms with E-state index in [4.69, 9.17) is 0 Å². The van der Waals surface area contributed by atoms with Crippen LogP contribution in [0.3, 0.4) is 0 Å². The van der Waals surface area contributed by atoms with E-state index >= 15 is 0 Å². The highest BCUT2D eigenvalue weighted by atomic mass is 32.1. The van der Waals surface area contributed by atoms with Crippen LogP contribution in [0, 0.1) is 13.8 Å². The lowest BCUT2D eigenvalue weighted by Crippen LogP contribution is -1.83. The van der Waals surface area contributed by atoms with Gasteiger partial charge in [0, 0.05) is 6.20 Å². The Labute approximate surface area is 82.1 Å². The van der Waals surface area contributed by atoms with Gasteiger partial charge in [0.05, 0.1) is 10.4 Å². The molecule has 0 radical (unpaired) electrons. The molecule has 0 aliphatic carbocycles. The van der Waals surface area contributed by atoms with Crippen LogP contribution in [0.25, 0.3) is 10.4 Å². The summed E-state index contributed by atoms with van der Waals surface area (Å²) in [5, 5.41) is 0. The monoisotopic (exact) mass is 189 g/mol. The summed E-state index contributed by atoms with van der Waals surface area (Å²) in [6, 6.07) is 6.38. The van der Waals surface area contributed by atoms with Crippen LogP contribution in [0.5, 0.6) is 0 Å². The van der Waals surface area contributed by atoms with E-state index in [1.807, 2.05) is 11.7 Å². The molecule has 0 fully saturated rings. The summed E-state index contributed by atoms with van der Waals surface area (Å²) in [6.07, 6.45) is 1.92. The third-order valence-electron chi connectivity index (χ3n) is 2.30. The number of rotatable bonds is 1.